The molecule has 1 aromatic rings. The van der Waals surface area contributed by atoms with E-state index in [1.807, 2.05) is 0 Å². The first-order valence-electron chi connectivity index (χ1n) is 4.46. The first-order valence-corrected chi connectivity index (χ1v) is 4.84. The van der Waals surface area contributed by atoms with E-state index in [9.17, 15) is 4.39 Å². The normalized spacial score (nSPS) is 12.6. The van der Waals surface area contributed by atoms with Crippen molar-refractivity contribution < 1.29 is 9.50 Å². The SMILES string of the molecule is CC(O)CCNc1cc(Cl)ccc1F. The first kappa shape index (κ1) is 11.3. The van der Waals surface area contributed by atoms with E-state index in [1.54, 1.807) is 6.92 Å². The number of hydrogen-bond acceptors (Lipinski definition) is 2. The summed E-state index contributed by atoms with van der Waals surface area (Å²) in [5.41, 5.74) is 0.373. The van der Waals surface area contributed by atoms with Crippen LogP contribution < -0.4 is 5.32 Å². The van der Waals surface area contributed by atoms with Gasteiger partial charge in [-0.05, 0) is 31.5 Å². The molecule has 0 saturated heterocycles. The Morgan fingerprint density at radius 3 is 2.93 bits per heavy atom. The van der Waals surface area contributed by atoms with Gasteiger partial charge >= 0.3 is 0 Å². The molecule has 2 N–H and O–H groups in total. The highest BCUT2D eigenvalue weighted by molar-refractivity contribution is 6.30. The molecular weight excluding hydrogens is 205 g/mol. The Balaban J connectivity index is 2.53. The van der Waals surface area contributed by atoms with Gasteiger partial charge in [-0.3, -0.25) is 0 Å². The number of anilines is 1. The average Bonchev–Trinajstić information content (AvgIpc) is 2.10. The standard InChI is InChI=1S/C10H13ClFNO/c1-7(14)4-5-13-10-6-8(11)2-3-9(10)12/h2-3,6-7,13-14H,4-5H2,1H3. The van der Waals surface area contributed by atoms with Crippen molar-refractivity contribution >= 4 is 17.3 Å². The summed E-state index contributed by atoms with van der Waals surface area (Å²) in [4.78, 5) is 0. The Morgan fingerprint density at radius 1 is 1.57 bits per heavy atom. The van der Waals surface area contributed by atoms with Crippen LogP contribution >= 0.6 is 11.6 Å². The second kappa shape index (κ2) is 5.17. The van der Waals surface area contributed by atoms with E-state index in [2.05, 4.69) is 5.32 Å². The summed E-state index contributed by atoms with van der Waals surface area (Å²) in [5, 5.41) is 12.4. The Kier molecular flexibility index (Phi) is 4.17. The summed E-state index contributed by atoms with van der Waals surface area (Å²) < 4.78 is 13.1. The van der Waals surface area contributed by atoms with Crippen LogP contribution in [0, 0.1) is 5.82 Å². The topological polar surface area (TPSA) is 32.3 Å². The van der Waals surface area contributed by atoms with Crippen LogP contribution in [-0.4, -0.2) is 17.8 Å². The van der Waals surface area contributed by atoms with Gasteiger partial charge in [0, 0.05) is 11.6 Å². The number of aliphatic hydroxyl groups is 1. The van der Waals surface area contributed by atoms with Crippen molar-refractivity contribution in [3.8, 4) is 0 Å². The van der Waals surface area contributed by atoms with Crippen LogP contribution in [0.3, 0.4) is 0 Å². The van der Waals surface area contributed by atoms with E-state index in [0.717, 1.165) is 0 Å². The predicted molar refractivity (Wildman–Crippen MR) is 56.2 cm³/mol. The quantitative estimate of drug-likeness (QED) is 0.813. The number of nitrogens with one attached hydrogen (secondary N) is 1. The molecule has 1 atom stereocenters. The number of hydrogen-bond donors (Lipinski definition) is 2. The molecule has 1 rings (SSSR count). The number of rotatable bonds is 4. The van der Waals surface area contributed by atoms with E-state index in [4.69, 9.17) is 16.7 Å². The van der Waals surface area contributed by atoms with Gasteiger partial charge in [0.05, 0.1) is 11.8 Å². The Labute approximate surface area is 87.7 Å². The van der Waals surface area contributed by atoms with Crippen molar-refractivity contribution in [1.29, 1.82) is 0 Å². The third-order valence-corrected chi connectivity index (χ3v) is 2.04. The van der Waals surface area contributed by atoms with Crippen LogP contribution in [0.2, 0.25) is 5.02 Å². The first-order chi connectivity index (χ1) is 6.59. The molecule has 0 radical (unpaired) electrons. The minimum atomic E-state index is -0.384. The summed E-state index contributed by atoms with van der Waals surface area (Å²) in [6.07, 6.45) is 0.191. The maximum atomic E-state index is 13.1. The molecule has 0 aliphatic rings. The van der Waals surface area contributed by atoms with Crippen LogP contribution in [0.1, 0.15) is 13.3 Å². The zero-order chi connectivity index (χ0) is 10.6. The highest BCUT2D eigenvalue weighted by Crippen LogP contribution is 2.19. The molecule has 0 saturated carbocycles. The van der Waals surface area contributed by atoms with E-state index in [-0.39, 0.29) is 11.9 Å². The molecule has 1 unspecified atom stereocenters. The van der Waals surface area contributed by atoms with E-state index < -0.39 is 0 Å². The zero-order valence-corrected chi connectivity index (χ0v) is 8.68. The van der Waals surface area contributed by atoms with Crippen molar-refractivity contribution in [2.75, 3.05) is 11.9 Å². The predicted octanol–water partition coefficient (Wildman–Crippen LogP) is 2.66. The monoisotopic (exact) mass is 217 g/mol. The largest absolute Gasteiger partial charge is 0.393 e. The van der Waals surface area contributed by atoms with Crippen molar-refractivity contribution in [2.45, 2.75) is 19.4 Å². The summed E-state index contributed by atoms with van der Waals surface area (Å²) in [5.74, 6) is -0.333. The van der Waals surface area contributed by atoms with Crippen LogP contribution in [0.5, 0.6) is 0 Å². The van der Waals surface area contributed by atoms with Crippen LogP contribution in [0.4, 0.5) is 10.1 Å². The van der Waals surface area contributed by atoms with Gasteiger partial charge in [0.2, 0.25) is 0 Å². The molecule has 4 heteroatoms. The fourth-order valence-electron chi connectivity index (χ4n) is 1.05. The fraction of sp³-hybridized carbons (Fsp3) is 0.400. The van der Waals surface area contributed by atoms with Crippen molar-refractivity contribution in [1.82, 2.24) is 0 Å². The molecule has 0 spiro atoms. The molecule has 78 valence electrons. The average molecular weight is 218 g/mol. The molecule has 0 heterocycles. The Hall–Kier alpha value is -0.800. The number of halogens is 2. The third kappa shape index (κ3) is 3.52. The second-order valence-corrected chi connectivity index (χ2v) is 3.63. The smallest absolute Gasteiger partial charge is 0.146 e. The van der Waals surface area contributed by atoms with E-state index in [0.29, 0.717) is 23.7 Å². The maximum absolute atomic E-state index is 13.1. The lowest BCUT2D eigenvalue weighted by molar-refractivity contribution is 0.188. The van der Waals surface area contributed by atoms with Gasteiger partial charge in [0.15, 0.2) is 0 Å². The van der Waals surface area contributed by atoms with Gasteiger partial charge in [-0.25, -0.2) is 4.39 Å². The minimum Gasteiger partial charge on any atom is -0.393 e. The molecule has 0 aliphatic carbocycles. The fourth-order valence-corrected chi connectivity index (χ4v) is 1.22. The number of aliphatic hydroxyl groups excluding tert-OH is 1. The van der Waals surface area contributed by atoms with Gasteiger partial charge in [-0.15, -0.1) is 0 Å². The zero-order valence-electron chi connectivity index (χ0n) is 7.93. The third-order valence-electron chi connectivity index (χ3n) is 1.81. The van der Waals surface area contributed by atoms with E-state index in [1.165, 1.54) is 18.2 Å². The minimum absolute atomic E-state index is 0.333. The molecule has 0 bridgehead atoms. The highest BCUT2D eigenvalue weighted by atomic mass is 35.5. The van der Waals surface area contributed by atoms with Gasteiger partial charge in [-0.2, -0.15) is 0 Å². The van der Waals surface area contributed by atoms with Crippen molar-refractivity contribution in [3.63, 3.8) is 0 Å². The van der Waals surface area contributed by atoms with Gasteiger partial charge in [-0.1, -0.05) is 11.6 Å². The molecule has 14 heavy (non-hydrogen) atoms. The Bertz CT molecular complexity index is 304. The number of benzene rings is 1. The van der Waals surface area contributed by atoms with Crippen LogP contribution in [-0.2, 0) is 0 Å². The molecular formula is C10H13ClFNO. The lowest BCUT2D eigenvalue weighted by Gasteiger charge is -2.08. The summed E-state index contributed by atoms with van der Waals surface area (Å²) in [6, 6.07) is 4.34. The summed E-state index contributed by atoms with van der Waals surface area (Å²) >= 11 is 5.70. The van der Waals surface area contributed by atoms with Gasteiger partial charge < -0.3 is 10.4 Å². The molecule has 0 amide bonds. The summed E-state index contributed by atoms with van der Waals surface area (Å²) in [7, 11) is 0. The van der Waals surface area contributed by atoms with Gasteiger partial charge in [0.1, 0.15) is 5.82 Å². The Morgan fingerprint density at radius 2 is 2.29 bits per heavy atom. The molecule has 0 aliphatic heterocycles. The van der Waals surface area contributed by atoms with Crippen molar-refractivity contribution in [3.05, 3.63) is 29.0 Å². The van der Waals surface area contributed by atoms with Crippen molar-refractivity contribution in [2.24, 2.45) is 0 Å². The molecule has 1 aromatic carbocycles. The molecule has 2 nitrogen and oxygen atoms in total. The van der Waals surface area contributed by atoms with E-state index >= 15 is 0 Å². The highest BCUT2D eigenvalue weighted by Gasteiger charge is 2.02. The molecule has 0 aromatic heterocycles. The summed E-state index contributed by atoms with van der Waals surface area (Å²) in [6.45, 7) is 2.21. The molecule has 0 fully saturated rings. The lowest BCUT2D eigenvalue weighted by Crippen LogP contribution is -2.10. The second-order valence-electron chi connectivity index (χ2n) is 3.19. The van der Waals surface area contributed by atoms with Crippen LogP contribution in [0.15, 0.2) is 18.2 Å². The lowest BCUT2D eigenvalue weighted by atomic mass is 10.2. The van der Waals surface area contributed by atoms with Gasteiger partial charge in [0.25, 0.3) is 0 Å². The van der Waals surface area contributed by atoms with Crippen LogP contribution in [0.25, 0.3) is 0 Å². The maximum Gasteiger partial charge on any atom is 0.146 e.